The van der Waals surface area contributed by atoms with Gasteiger partial charge < -0.3 is 15.0 Å². The van der Waals surface area contributed by atoms with Crippen molar-refractivity contribution in [2.45, 2.75) is 37.5 Å². The van der Waals surface area contributed by atoms with Crippen LogP contribution in [-0.2, 0) is 26.0 Å². The average molecular weight is 458 g/mol. The van der Waals surface area contributed by atoms with Crippen LogP contribution in [0.3, 0.4) is 0 Å². The smallest absolute Gasteiger partial charge is 0.243 e. The lowest BCUT2D eigenvalue weighted by atomic mass is 10.1. The molecule has 2 fully saturated rings. The molecular weight excluding hydrogens is 426 g/mol. The van der Waals surface area contributed by atoms with E-state index in [1.807, 2.05) is 19.1 Å². The van der Waals surface area contributed by atoms with Gasteiger partial charge in [0.1, 0.15) is 0 Å². The van der Waals surface area contributed by atoms with Crippen LogP contribution in [0, 0.1) is 6.92 Å². The molecule has 8 heteroatoms. The van der Waals surface area contributed by atoms with Crippen LogP contribution in [0.25, 0.3) is 0 Å². The molecule has 0 spiro atoms. The highest BCUT2D eigenvalue weighted by Crippen LogP contribution is 2.24. The molecule has 2 saturated heterocycles. The summed E-state index contributed by atoms with van der Waals surface area (Å²) in [4.78, 5) is 15.1. The number of nitrogens with one attached hydrogen (secondary N) is 1. The maximum atomic E-state index is 12.6. The second-order valence-electron chi connectivity index (χ2n) is 8.40. The molecule has 2 aromatic carbocycles. The van der Waals surface area contributed by atoms with Crippen molar-refractivity contribution in [3.8, 4) is 0 Å². The Morgan fingerprint density at radius 2 is 1.69 bits per heavy atom. The first kappa shape index (κ1) is 22.8. The quantitative estimate of drug-likeness (QED) is 0.691. The number of hydrogen-bond acceptors (Lipinski definition) is 5. The Morgan fingerprint density at radius 3 is 2.34 bits per heavy atom. The minimum absolute atomic E-state index is 0.0546. The molecule has 1 N–H and O–H groups in total. The van der Waals surface area contributed by atoms with Crippen molar-refractivity contribution < 1.29 is 17.9 Å². The Bertz CT molecular complexity index is 1040. The maximum absolute atomic E-state index is 12.6. The van der Waals surface area contributed by atoms with Crippen LogP contribution >= 0.6 is 0 Å². The molecule has 4 rings (SSSR count). The van der Waals surface area contributed by atoms with Crippen molar-refractivity contribution in [2.75, 3.05) is 49.6 Å². The number of sulfonamides is 1. The van der Waals surface area contributed by atoms with Crippen LogP contribution in [0.4, 0.5) is 11.4 Å². The Morgan fingerprint density at radius 1 is 1.00 bits per heavy atom. The molecule has 2 aliphatic rings. The first-order chi connectivity index (χ1) is 15.4. The van der Waals surface area contributed by atoms with Crippen molar-refractivity contribution in [2.24, 2.45) is 0 Å². The molecule has 0 aromatic heterocycles. The number of carbonyl (C=O) groups excluding carboxylic acids is 1. The zero-order chi connectivity index (χ0) is 22.6. The molecule has 2 aliphatic heterocycles. The van der Waals surface area contributed by atoms with Gasteiger partial charge in [-0.1, -0.05) is 12.1 Å². The van der Waals surface area contributed by atoms with Crippen LogP contribution in [0.2, 0.25) is 0 Å². The minimum atomic E-state index is -3.40. The number of benzene rings is 2. The monoisotopic (exact) mass is 457 g/mol. The molecule has 1 amide bonds. The molecule has 7 nitrogen and oxygen atoms in total. The third-order valence-corrected chi connectivity index (χ3v) is 8.04. The molecule has 0 unspecified atom stereocenters. The molecular formula is C24H31N3O4S. The fourth-order valence-electron chi connectivity index (χ4n) is 4.18. The maximum Gasteiger partial charge on any atom is 0.243 e. The predicted octanol–water partition coefficient (Wildman–Crippen LogP) is 3.19. The number of carbonyl (C=O) groups is 1. The van der Waals surface area contributed by atoms with Gasteiger partial charge in [-0.25, -0.2) is 8.42 Å². The third-order valence-electron chi connectivity index (χ3n) is 6.13. The van der Waals surface area contributed by atoms with Gasteiger partial charge in [-0.15, -0.1) is 0 Å². The Hall–Kier alpha value is -2.42. The van der Waals surface area contributed by atoms with Crippen LogP contribution in [0.5, 0.6) is 0 Å². The summed E-state index contributed by atoms with van der Waals surface area (Å²) in [5, 5.41) is 3.00. The van der Waals surface area contributed by atoms with E-state index in [1.165, 1.54) is 0 Å². The van der Waals surface area contributed by atoms with Crippen molar-refractivity contribution >= 4 is 27.3 Å². The van der Waals surface area contributed by atoms with Gasteiger partial charge in [-0.05, 0) is 67.6 Å². The van der Waals surface area contributed by atoms with Crippen LogP contribution in [-0.4, -0.2) is 58.0 Å². The fraction of sp³-hybridized carbons (Fsp3) is 0.458. The normalized spacial score (nSPS) is 17.5. The van der Waals surface area contributed by atoms with Crippen molar-refractivity contribution in [3.63, 3.8) is 0 Å². The molecule has 2 heterocycles. The van der Waals surface area contributed by atoms with E-state index in [-0.39, 0.29) is 5.91 Å². The summed E-state index contributed by atoms with van der Waals surface area (Å²) >= 11 is 0. The van der Waals surface area contributed by atoms with Crippen LogP contribution in [0.15, 0.2) is 47.4 Å². The highest BCUT2D eigenvalue weighted by Gasteiger charge is 2.26. The summed E-state index contributed by atoms with van der Waals surface area (Å²) in [6.45, 7) is 6.42. The van der Waals surface area contributed by atoms with Gasteiger partial charge in [0, 0.05) is 44.0 Å². The third kappa shape index (κ3) is 5.31. The molecule has 2 aromatic rings. The van der Waals surface area contributed by atoms with Gasteiger partial charge in [-0.3, -0.25) is 4.79 Å². The van der Waals surface area contributed by atoms with Crippen LogP contribution < -0.4 is 10.2 Å². The zero-order valence-electron chi connectivity index (χ0n) is 18.5. The highest BCUT2D eigenvalue weighted by atomic mass is 32.2. The molecule has 172 valence electrons. The topological polar surface area (TPSA) is 79.0 Å². The van der Waals surface area contributed by atoms with Crippen LogP contribution in [0.1, 0.15) is 30.4 Å². The Kier molecular flexibility index (Phi) is 7.13. The second-order valence-corrected chi connectivity index (χ2v) is 10.3. The number of nitrogens with zero attached hydrogens (tertiary/aromatic N) is 2. The van der Waals surface area contributed by atoms with Gasteiger partial charge in [0.15, 0.2) is 0 Å². The first-order valence-corrected chi connectivity index (χ1v) is 12.7. The van der Waals surface area contributed by atoms with E-state index in [1.54, 1.807) is 28.6 Å². The van der Waals surface area contributed by atoms with Gasteiger partial charge in [-0.2, -0.15) is 4.31 Å². The lowest BCUT2D eigenvalue weighted by Crippen LogP contribution is -2.36. The van der Waals surface area contributed by atoms with E-state index in [0.29, 0.717) is 30.8 Å². The largest absolute Gasteiger partial charge is 0.378 e. The Balaban J connectivity index is 1.31. The predicted molar refractivity (Wildman–Crippen MR) is 126 cm³/mol. The summed E-state index contributed by atoms with van der Waals surface area (Å²) in [7, 11) is -3.40. The summed E-state index contributed by atoms with van der Waals surface area (Å²) < 4.78 is 32.2. The van der Waals surface area contributed by atoms with Crippen molar-refractivity contribution in [3.05, 3.63) is 53.6 Å². The first-order valence-electron chi connectivity index (χ1n) is 11.3. The zero-order valence-corrected chi connectivity index (χ0v) is 19.4. The highest BCUT2D eigenvalue weighted by molar-refractivity contribution is 7.89. The van der Waals surface area contributed by atoms with Gasteiger partial charge in [0.05, 0.1) is 18.1 Å². The molecule has 32 heavy (non-hydrogen) atoms. The lowest BCUT2D eigenvalue weighted by molar-refractivity contribution is -0.116. The van der Waals surface area contributed by atoms with E-state index in [0.717, 1.165) is 61.6 Å². The summed E-state index contributed by atoms with van der Waals surface area (Å²) in [5.74, 6) is -0.0546. The summed E-state index contributed by atoms with van der Waals surface area (Å²) in [6.07, 6.45) is 2.73. The van der Waals surface area contributed by atoms with E-state index in [4.69, 9.17) is 4.74 Å². The van der Waals surface area contributed by atoms with Crippen molar-refractivity contribution in [1.29, 1.82) is 0 Å². The van der Waals surface area contributed by atoms with E-state index < -0.39 is 10.0 Å². The van der Waals surface area contributed by atoms with E-state index in [9.17, 15) is 13.2 Å². The molecule has 0 atom stereocenters. The number of rotatable bonds is 7. The number of morpholine rings is 1. The van der Waals surface area contributed by atoms with E-state index in [2.05, 4.69) is 16.3 Å². The van der Waals surface area contributed by atoms with Gasteiger partial charge in [0.2, 0.25) is 15.9 Å². The molecule has 0 aliphatic carbocycles. The van der Waals surface area contributed by atoms with Crippen molar-refractivity contribution in [1.82, 2.24) is 4.31 Å². The van der Waals surface area contributed by atoms with E-state index >= 15 is 0 Å². The average Bonchev–Trinajstić information content (AvgIpc) is 3.36. The number of anilines is 2. The molecule has 0 radical (unpaired) electrons. The second kappa shape index (κ2) is 10.0. The molecule has 0 bridgehead atoms. The SMILES string of the molecule is Cc1cc(N2CCOCC2)ccc1NC(=O)CCc1ccc(S(=O)(=O)N2CCCC2)cc1. The Labute approximate surface area is 190 Å². The standard InChI is InChI=1S/C24H31N3O4S/c1-19-18-21(26-14-16-31-17-15-26)7-10-23(19)25-24(28)11-6-20-4-8-22(9-5-20)32(29,30)27-12-2-3-13-27/h4-5,7-10,18H,2-3,6,11-17H2,1H3,(H,25,28). The minimum Gasteiger partial charge on any atom is -0.378 e. The molecule has 0 saturated carbocycles. The number of aryl methyl sites for hydroxylation is 2. The van der Waals surface area contributed by atoms with Gasteiger partial charge >= 0.3 is 0 Å². The fourth-order valence-corrected chi connectivity index (χ4v) is 5.70. The number of ether oxygens (including phenoxy) is 1. The number of hydrogen-bond donors (Lipinski definition) is 1. The summed E-state index contributed by atoms with van der Waals surface area (Å²) in [6, 6.07) is 13.0. The number of amides is 1. The van der Waals surface area contributed by atoms with Gasteiger partial charge in [0.25, 0.3) is 0 Å². The summed E-state index contributed by atoms with van der Waals surface area (Å²) in [5.41, 5.74) is 3.94. The lowest BCUT2D eigenvalue weighted by Gasteiger charge is -2.29.